The normalized spacial score (nSPS) is 21.1. The summed E-state index contributed by atoms with van der Waals surface area (Å²) in [6.45, 7) is 1.63. The Morgan fingerprint density at radius 3 is 2.90 bits per heavy atom. The molecule has 21 heavy (non-hydrogen) atoms. The van der Waals surface area contributed by atoms with Crippen molar-refractivity contribution in [2.45, 2.75) is 25.4 Å². The number of carbonyl (C=O) groups excluding carboxylic acids is 1. The molecule has 0 unspecified atom stereocenters. The van der Waals surface area contributed by atoms with Crippen molar-refractivity contribution in [3.63, 3.8) is 0 Å². The van der Waals surface area contributed by atoms with E-state index in [-0.39, 0.29) is 5.91 Å². The first-order valence-corrected chi connectivity index (χ1v) is 7.42. The number of rotatable bonds is 3. The van der Waals surface area contributed by atoms with Crippen molar-refractivity contribution in [1.29, 1.82) is 0 Å². The molecule has 3 rings (SSSR count). The van der Waals surface area contributed by atoms with E-state index < -0.39 is 6.10 Å². The van der Waals surface area contributed by atoms with E-state index >= 15 is 0 Å². The summed E-state index contributed by atoms with van der Waals surface area (Å²) < 4.78 is 5.20. The molecule has 0 bridgehead atoms. The molecule has 6 heteroatoms. The third kappa shape index (κ3) is 2.83. The molecule has 0 spiro atoms. The van der Waals surface area contributed by atoms with Crippen molar-refractivity contribution in [3.8, 4) is 5.75 Å². The van der Waals surface area contributed by atoms with Gasteiger partial charge in [-0.15, -0.1) is 0 Å². The van der Waals surface area contributed by atoms with Gasteiger partial charge < -0.3 is 14.5 Å². The van der Waals surface area contributed by atoms with Crippen LogP contribution in [0.3, 0.4) is 0 Å². The number of likely N-dealkylation sites (tertiary alicyclic amines) is 1. The van der Waals surface area contributed by atoms with Crippen LogP contribution in [0.5, 0.6) is 5.75 Å². The highest BCUT2D eigenvalue weighted by Crippen LogP contribution is 2.27. The highest BCUT2D eigenvalue weighted by molar-refractivity contribution is 6.34. The lowest BCUT2D eigenvalue weighted by Gasteiger charge is -2.18. The minimum Gasteiger partial charge on any atom is -0.497 e. The molecule has 1 amide bonds. The third-order valence-electron chi connectivity index (χ3n) is 3.85. The van der Waals surface area contributed by atoms with Crippen LogP contribution in [-0.2, 0) is 9.63 Å². The van der Waals surface area contributed by atoms with Gasteiger partial charge in [-0.3, -0.25) is 4.79 Å². The topological polar surface area (TPSA) is 51.1 Å². The minimum absolute atomic E-state index is 0.0188. The Bertz CT molecular complexity index is 582. The van der Waals surface area contributed by atoms with Crippen LogP contribution in [0, 0.1) is 0 Å². The molecule has 0 saturated carbocycles. The van der Waals surface area contributed by atoms with Gasteiger partial charge in [0.05, 0.1) is 17.8 Å². The van der Waals surface area contributed by atoms with E-state index in [0.717, 1.165) is 31.5 Å². The number of oxime groups is 1. The maximum atomic E-state index is 12.3. The molecule has 2 aliphatic heterocycles. The lowest BCUT2D eigenvalue weighted by atomic mass is 10.0. The van der Waals surface area contributed by atoms with Crippen LogP contribution in [-0.4, -0.2) is 42.8 Å². The van der Waals surface area contributed by atoms with Crippen molar-refractivity contribution < 1.29 is 14.4 Å². The first-order valence-electron chi connectivity index (χ1n) is 7.04. The Kier molecular flexibility index (Phi) is 4.01. The number of halogens is 1. The summed E-state index contributed by atoms with van der Waals surface area (Å²) in [5.74, 6) is 0.719. The van der Waals surface area contributed by atoms with Crippen LogP contribution in [0.1, 0.15) is 24.8 Å². The molecule has 1 atom stereocenters. The maximum absolute atomic E-state index is 12.3. The summed E-state index contributed by atoms with van der Waals surface area (Å²) >= 11 is 6.20. The summed E-state index contributed by atoms with van der Waals surface area (Å²) in [6, 6.07) is 5.36. The van der Waals surface area contributed by atoms with Gasteiger partial charge in [-0.1, -0.05) is 16.8 Å². The highest BCUT2D eigenvalue weighted by Gasteiger charge is 2.34. The zero-order chi connectivity index (χ0) is 14.8. The van der Waals surface area contributed by atoms with Crippen LogP contribution in [0.4, 0.5) is 0 Å². The standard InChI is InChI=1S/C15H17ClN2O3/c1-20-10-4-5-12(16)11(8-10)13-9-14(21-17-13)15(19)18-6-2-3-7-18/h4-5,8,14H,2-3,6-7,9H2,1H3/t14-/m1/s1. The molecule has 1 fully saturated rings. The first kappa shape index (κ1) is 14.2. The monoisotopic (exact) mass is 308 g/mol. The van der Waals surface area contributed by atoms with Crippen LogP contribution in [0.2, 0.25) is 5.02 Å². The average molecular weight is 309 g/mol. The molecule has 5 nitrogen and oxygen atoms in total. The van der Waals surface area contributed by atoms with Gasteiger partial charge in [0, 0.05) is 25.1 Å². The second-order valence-corrected chi connectivity index (χ2v) is 5.62. The zero-order valence-corrected chi connectivity index (χ0v) is 12.6. The Morgan fingerprint density at radius 2 is 2.19 bits per heavy atom. The Morgan fingerprint density at radius 1 is 1.43 bits per heavy atom. The fraction of sp³-hybridized carbons (Fsp3) is 0.467. The zero-order valence-electron chi connectivity index (χ0n) is 11.8. The fourth-order valence-electron chi connectivity index (χ4n) is 2.66. The molecule has 1 saturated heterocycles. The summed E-state index contributed by atoms with van der Waals surface area (Å²) in [6.07, 6.45) is 2.05. The number of amides is 1. The third-order valence-corrected chi connectivity index (χ3v) is 4.18. The van der Waals surface area contributed by atoms with E-state index in [9.17, 15) is 4.79 Å². The molecule has 2 aliphatic rings. The molecular weight excluding hydrogens is 292 g/mol. The number of hydrogen-bond acceptors (Lipinski definition) is 4. The highest BCUT2D eigenvalue weighted by atomic mass is 35.5. The fourth-order valence-corrected chi connectivity index (χ4v) is 2.89. The van der Waals surface area contributed by atoms with E-state index in [1.54, 1.807) is 19.2 Å². The van der Waals surface area contributed by atoms with Gasteiger partial charge >= 0.3 is 0 Å². The quantitative estimate of drug-likeness (QED) is 0.862. The largest absolute Gasteiger partial charge is 0.497 e. The van der Waals surface area contributed by atoms with E-state index in [2.05, 4.69) is 5.16 Å². The van der Waals surface area contributed by atoms with Crippen LogP contribution in [0.25, 0.3) is 0 Å². The number of benzene rings is 1. The van der Waals surface area contributed by atoms with Crippen molar-refractivity contribution in [2.75, 3.05) is 20.2 Å². The van der Waals surface area contributed by atoms with Gasteiger partial charge in [0.25, 0.3) is 5.91 Å². The van der Waals surface area contributed by atoms with Gasteiger partial charge in [-0.05, 0) is 31.0 Å². The Balaban J connectivity index is 1.73. The summed E-state index contributed by atoms with van der Waals surface area (Å²) in [7, 11) is 1.60. The summed E-state index contributed by atoms with van der Waals surface area (Å²) in [4.78, 5) is 19.5. The van der Waals surface area contributed by atoms with E-state index in [0.29, 0.717) is 22.9 Å². The van der Waals surface area contributed by atoms with E-state index in [1.165, 1.54) is 0 Å². The number of nitrogens with zero attached hydrogens (tertiary/aromatic N) is 2. The molecule has 1 aromatic rings. The number of carbonyl (C=O) groups is 1. The van der Waals surface area contributed by atoms with Gasteiger partial charge in [0.1, 0.15) is 5.75 Å². The molecule has 0 N–H and O–H groups in total. The molecule has 0 aromatic heterocycles. The molecule has 1 aromatic carbocycles. The van der Waals surface area contributed by atoms with Crippen molar-refractivity contribution in [3.05, 3.63) is 28.8 Å². The van der Waals surface area contributed by atoms with Gasteiger partial charge in [-0.25, -0.2) is 0 Å². The second-order valence-electron chi connectivity index (χ2n) is 5.21. The summed E-state index contributed by atoms with van der Waals surface area (Å²) in [5.41, 5.74) is 1.45. The van der Waals surface area contributed by atoms with Crippen molar-refractivity contribution in [2.24, 2.45) is 5.16 Å². The van der Waals surface area contributed by atoms with E-state index in [4.69, 9.17) is 21.2 Å². The number of ether oxygens (including phenoxy) is 1. The van der Waals surface area contributed by atoms with E-state index in [1.807, 2.05) is 11.0 Å². The predicted octanol–water partition coefficient (Wildman–Crippen LogP) is 2.46. The lowest BCUT2D eigenvalue weighted by molar-refractivity contribution is -0.140. The first-order chi connectivity index (χ1) is 10.2. The van der Waals surface area contributed by atoms with Crippen LogP contribution >= 0.6 is 11.6 Å². The van der Waals surface area contributed by atoms with Gasteiger partial charge in [0.15, 0.2) is 0 Å². The second kappa shape index (κ2) is 5.93. The maximum Gasteiger partial charge on any atom is 0.266 e. The predicted molar refractivity (Wildman–Crippen MR) is 79.8 cm³/mol. The number of hydrogen-bond donors (Lipinski definition) is 0. The van der Waals surface area contributed by atoms with Gasteiger partial charge in [-0.2, -0.15) is 0 Å². The Hall–Kier alpha value is -1.75. The number of methoxy groups -OCH3 is 1. The Labute approximate surface area is 128 Å². The molecule has 0 radical (unpaired) electrons. The van der Waals surface area contributed by atoms with Crippen molar-refractivity contribution >= 4 is 23.2 Å². The minimum atomic E-state index is -0.527. The SMILES string of the molecule is COc1ccc(Cl)c(C2=NO[C@@H](C(=O)N3CCCC3)C2)c1. The molecule has 2 heterocycles. The van der Waals surface area contributed by atoms with Gasteiger partial charge in [0.2, 0.25) is 6.10 Å². The molecular formula is C15H17ClN2O3. The molecule has 112 valence electrons. The van der Waals surface area contributed by atoms with Crippen LogP contribution < -0.4 is 4.74 Å². The average Bonchev–Trinajstić information content (AvgIpc) is 3.19. The van der Waals surface area contributed by atoms with Crippen LogP contribution in [0.15, 0.2) is 23.4 Å². The summed E-state index contributed by atoms with van der Waals surface area (Å²) in [5, 5.41) is 4.62. The molecule has 0 aliphatic carbocycles. The lowest BCUT2D eigenvalue weighted by Crippen LogP contribution is -2.37. The van der Waals surface area contributed by atoms with Crippen molar-refractivity contribution in [1.82, 2.24) is 4.90 Å². The smallest absolute Gasteiger partial charge is 0.266 e.